The van der Waals surface area contributed by atoms with Gasteiger partial charge < -0.3 is 16.0 Å². The van der Waals surface area contributed by atoms with Gasteiger partial charge >= 0.3 is 0 Å². The number of nitrogens with two attached hydrogens (primary N) is 1. The first kappa shape index (κ1) is 20.4. The molecule has 26 heavy (non-hydrogen) atoms. The lowest BCUT2D eigenvalue weighted by Gasteiger charge is -2.34. The molecule has 2 aromatic rings. The summed E-state index contributed by atoms with van der Waals surface area (Å²) in [5.41, 5.74) is 7.51. The SMILES string of the molecule is CN=C(NCc1cccc2cccnc12)N1CCCC(CC(N)=O)C1.I. The number of likely N-dealkylation sites (tertiary alicyclic amines) is 1. The van der Waals surface area contributed by atoms with E-state index in [4.69, 9.17) is 5.73 Å². The van der Waals surface area contributed by atoms with Gasteiger partial charge in [-0.1, -0.05) is 24.3 Å². The molecule has 1 fully saturated rings. The number of nitrogens with one attached hydrogen (secondary N) is 1. The molecule has 0 aliphatic carbocycles. The molecule has 1 atom stereocenters. The van der Waals surface area contributed by atoms with Crippen LogP contribution in [0, 0.1) is 5.92 Å². The number of hydrogen-bond acceptors (Lipinski definition) is 3. The van der Waals surface area contributed by atoms with Gasteiger partial charge in [0.1, 0.15) is 0 Å². The number of carbonyl (C=O) groups excluding carboxylic acids is 1. The van der Waals surface area contributed by atoms with Crippen LogP contribution < -0.4 is 11.1 Å². The summed E-state index contributed by atoms with van der Waals surface area (Å²) in [5.74, 6) is 0.947. The van der Waals surface area contributed by atoms with Crippen molar-refractivity contribution in [1.82, 2.24) is 15.2 Å². The average Bonchev–Trinajstić information content (AvgIpc) is 2.62. The van der Waals surface area contributed by atoms with Crippen molar-refractivity contribution in [3.8, 4) is 0 Å². The van der Waals surface area contributed by atoms with E-state index in [1.54, 1.807) is 7.05 Å². The summed E-state index contributed by atoms with van der Waals surface area (Å²) < 4.78 is 0. The van der Waals surface area contributed by atoms with Crippen LogP contribution in [0.15, 0.2) is 41.5 Å². The van der Waals surface area contributed by atoms with Crippen molar-refractivity contribution in [3.63, 3.8) is 0 Å². The Hall–Kier alpha value is -1.90. The number of guanidine groups is 1. The number of rotatable bonds is 4. The fourth-order valence-electron chi connectivity index (χ4n) is 3.53. The number of halogens is 1. The van der Waals surface area contributed by atoms with E-state index >= 15 is 0 Å². The minimum absolute atomic E-state index is 0. The van der Waals surface area contributed by atoms with Gasteiger partial charge in [0.05, 0.1) is 5.52 Å². The highest BCUT2D eigenvalue weighted by atomic mass is 127. The van der Waals surface area contributed by atoms with Crippen molar-refractivity contribution in [1.29, 1.82) is 0 Å². The first-order valence-electron chi connectivity index (χ1n) is 8.74. The molecule has 0 bridgehead atoms. The Kier molecular flexibility index (Phi) is 7.62. The van der Waals surface area contributed by atoms with E-state index in [0.29, 0.717) is 18.9 Å². The maximum Gasteiger partial charge on any atom is 0.217 e. The predicted octanol–water partition coefficient (Wildman–Crippen LogP) is 2.52. The zero-order valence-corrected chi connectivity index (χ0v) is 17.3. The van der Waals surface area contributed by atoms with Gasteiger partial charge in [-0.05, 0) is 30.4 Å². The molecule has 7 heteroatoms. The first-order valence-corrected chi connectivity index (χ1v) is 8.74. The number of nitrogens with zero attached hydrogens (tertiary/aromatic N) is 3. The minimum atomic E-state index is -0.225. The monoisotopic (exact) mass is 467 g/mol. The van der Waals surface area contributed by atoms with Gasteiger partial charge in [-0.25, -0.2) is 0 Å². The van der Waals surface area contributed by atoms with Crippen LogP contribution in [-0.2, 0) is 11.3 Å². The normalized spacial score (nSPS) is 17.7. The Balaban J connectivity index is 0.00000243. The number of aromatic nitrogens is 1. The molecule has 1 amide bonds. The van der Waals surface area contributed by atoms with Gasteiger partial charge in [-0.2, -0.15) is 0 Å². The van der Waals surface area contributed by atoms with E-state index < -0.39 is 0 Å². The molecule has 1 unspecified atom stereocenters. The molecule has 1 aliphatic rings. The highest BCUT2D eigenvalue weighted by Crippen LogP contribution is 2.20. The highest BCUT2D eigenvalue weighted by molar-refractivity contribution is 14.0. The van der Waals surface area contributed by atoms with Crippen molar-refractivity contribution in [2.24, 2.45) is 16.6 Å². The molecule has 3 N–H and O–H groups in total. The minimum Gasteiger partial charge on any atom is -0.370 e. The fourth-order valence-corrected chi connectivity index (χ4v) is 3.53. The van der Waals surface area contributed by atoms with E-state index in [2.05, 4.69) is 38.4 Å². The Morgan fingerprint density at radius 3 is 2.96 bits per heavy atom. The molecule has 0 saturated carbocycles. The molecule has 6 nitrogen and oxygen atoms in total. The highest BCUT2D eigenvalue weighted by Gasteiger charge is 2.23. The molecule has 0 spiro atoms. The largest absolute Gasteiger partial charge is 0.370 e. The number of aliphatic imine (C=N–C) groups is 1. The average molecular weight is 467 g/mol. The molecule has 1 aromatic carbocycles. The third kappa shape index (κ3) is 5.06. The maximum absolute atomic E-state index is 11.2. The molecule has 1 saturated heterocycles. The van der Waals surface area contributed by atoms with Gasteiger partial charge in [0.15, 0.2) is 5.96 Å². The number of para-hydroxylation sites is 1. The summed E-state index contributed by atoms with van der Waals surface area (Å²) in [5, 5.41) is 4.58. The van der Waals surface area contributed by atoms with E-state index in [1.807, 2.05) is 18.3 Å². The van der Waals surface area contributed by atoms with E-state index in [-0.39, 0.29) is 29.9 Å². The van der Waals surface area contributed by atoms with Crippen molar-refractivity contribution >= 4 is 46.7 Å². The molecule has 1 aliphatic heterocycles. The Morgan fingerprint density at radius 1 is 1.38 bits per heavy atom. The van der Waals surface area contributed by atoms with E-state index in [1.165, 1.54) is 0 Å². The number of benzene rings is 1. The zero-order valence-electron chi connectivity index (χ0n) is 15.0. The van der Waals surface area contributed by atoms with Gasteiger partial charge in [-0.3, -0.25) is 14.8 Å². The standard InChI is InChI=1S/C19H25N5O.HI/c1-21-19(24-10-4-5-14(13-24)11-17(20)25)23-12-16-7-2-6-15-8-3-9-22-18(15)16;/h2-3,6-9,14H,4-5,10-13H2,1H3,(H2,20,25)(H,21,23);1H. The number of fused-ring (bicyclic) bond motifs is 1. The van der Waals surface area contributed by atoms with Crippen LogP contribution in [-0.4, -0.2) is 41.9 Å². The number of primary amides is 1. The van der Waals surface area contributed by atoms with Gasteiger partial charge in [-0.15, -0.1) is 24.0 Å². The van der Waals surface area contributed by atoms with Crippen LogP contribution in [0.25, 0.3) is 10.9 Å². The lowest BCUT2D eigenvalue weighted by atomic mass is 9.95. The molecular weight excluding hydrogens is 441 g/mol. The Labute approximate surface area is 171 Å². The van der Waals surface area contributed by atoms with Crippen LogP contribution in [0.1, 0.15) is 24.8 Å². The Morgan fingerprint density at radius 2 is 2.19 bits per heavy atom. The van der Waals surface area contributed by atoms with E-state index in [0.717, 1.165) is 48.4 Å². The molecule has 0 radical (unpaired) electrons. The summed E-state index contributed by atoms with van der Waals surface area (Å²) >= 11 is 0. The molecule has 1 aromatic heterocycles. The van der Waals surface area contributed by atoms with E-state index in [9.17, 15) is 4.79 Å². The summed E-state index contributed by atoms with van der Waals surface area (Å²) in [7, 11) is 1.79. The summed E-state index contributed by atoms with van der Waals surface area (Å²) in [4.78, 5) is 22.3. The van der Waals surface area contributed by atoms with Crippen LogP contribution in [0.4, 0.5) is 0 Å². The predicted molar refractivity (Wildman–Crippen MR) is 115 cm³/mol. The lowest BCUT2D eigenvalue weighted by molar-refractivity contribution is -0.119. The Bertz CT molecular complexity index is 774. The van der Waals surface area contributed by atoms with Gasteiger partial charge in [0, 0.05) is 44.7 Å². The smallest absolute Gasteiger partial charge is 0.217 e. The molecule has 140 valence electrons. The second kappa shape index (κ2) is 9.70. The van der Waals surface area contributed by atoms with Gasteiger partial charge in [0.25, 0.3) is 0 Å². The number of hydrogen-bond donors (Lipinski definition) is 2. The summed E-state index contributed by atoms with van der Waals surface area (Å²) in [6, 6.07) is 10.2. The van der Waals surface area contributed by atoms with Crippen molar-refractivity contribution in [2.75, 3.05) is 20.1 Å². The van der Waals surface area contributed by atoms with Crippen molar-refractivity contribution < 1.29 is 4.79 Å². The quantitative estimate of drug-likeness (QED) is 0.411. The van der Waals surface area contributed by atoms with Crippen LogP contribution >= 0.6 is 24.0 Å². The third-order valence-corrected chi connectivity index (χ3v) is 4.67. The van der Waals surface area contributed by atoms with Crippen molar-refractivity contribution in [2.45, 2.75) is 25.8 Å². The van der Waals surface area contributed by atoms with Crippen LogP contribution in [0.2, 0.25) is 0 Å². The topological polar surface area (TPSA) is 83.6 Å². The van der Waals surface area contributed by atoms with Crippen LogP contribution in [0.3, 0.4) is 0 Å². The number of carbonyl (C=O) groups is 1. The van der Waals surface area contributed by atoms with Crippen molar-refractivity contribution in [3.05, 3.63) is 42.1 Å². The zero-order chi connectivity index (χ0) is 17.6. The van der Waals surface area contributed by atoms with Gasteiger partial charge in [0.2, 0.25) is 5.91 Å². The van der Waals surface area contributed by atoms with Crippen LogP contribution in [0.5, 0.6) is 0 Å². The second-order valence-corrected chi connectivity index (χ2v) is 6.52. The third-order valence-electron chi connectivity index (χ3n) is 4.67. The second-order valence-electron chi connectivity index (χ2n) is 6.52. The molecular formula is C19H26IN5O. The number of amides is 1. The summed E-state index contributed by atoms with van der Waals surface area (Å²) in [6.45, 7) is 2.43. The number of piperidine rings is 1. The maximum atomic E-state index is 11.2. The lowest BCUT2D eigenvalue weighted by Crippen LogP contribution is -2.46. The first-order chi connectivity index (χ1) is 12.2. The fraction of sp³-hybridized carbons (Fsp3) is 0.421. The number of pyridine rings is 1. The summed E-state index contributed by atoms with van der Waals surface area (Å²) in [6.07, 6.45) is 4.36. The molecule has 2 heterocycles. The molecule has 3 rings (SSSR count).